The predicted octanol–water partition coefficient (Wildman–Crippen LogP) is 1.55. The SMILES string of the molecule is CC#CCNc1nc(NCCC)nc(N(C)OC)n1.Cl. The summed E-state index contributed by atoms with van der Waals surface area (Å²) in [6.07, 6.45) is 0.991. The van der Waals surface area contributed by atoms with Gasteiger partial charge < -0.3 is 10.6 Å². The molecule has 0 aliphatic rings. The summed E-state index contributed by atoms with van der Waals surface area (Å²) in [4.78, 5) is 17.8. The molecule has 2 N–H and O–H groups in total. The van der Waals surface area contributed by atoms with Crippen LogP contribution in [0.4, 0.5) is 17.8 Å². The van der Waals surface area contributed by atoms with Crippen molar-refractivity contribution >= 4 is 30.3 Å². The monoisotopic (exact) mass is 300 g/mol. The second-order valence-electron chi connectivity index (χ2n) is 3.67. The number of aromatic nitrogens is 3. The average Bonchev–Trinajstić information content (AvgIpc) is 2.44. The van der Waals surface area contributed by atoms with Crippen molar-refractivity contribution in [2.45, 2.75) is 20.3 Å². The number of hydrogen-bond acceptors (Lipinski definition) is 7. The molecule has 1 aromatic rings. The van der Waals surface area contributed by atoms with Gasteiger partial charge in [-0.1, -0.05) is 12.8 Å². The first-order valence-corrected chi connectivity index (χ1v) is 6.12. The van der Waals surface area contributed by atoms with Crippen LogP contribution in [0, 0.1) is 11.8 Å². The maximum atomic E-state index is 5.07. The molecular weight excluding hydrogens is 280 g/mol. The summed E-state index contributed by atoms with van der Waals surface area (Å²) in [5.74, 6) is 7.11. The quantitative estimate of drug-likeness (QED) is 0.584. The van der Waals surface area contributed by atoms with Gasteiger partial charge in [-0.05, 0) is 13.3 Å². The second-order valence-corrected chi connectivity index (χ2v) is 3.67. The lowest BCUT2D eigenvalue weighted by Crippen LogP contribution is -2.20. The molecule has 8 heteroatoms. The molecule has 0 saturated carbocycles. The van der Waals surface area contributed by atoms with Gasteiger partial charge in [0.25, 0.3) is 5.95 Å². The zero-order chi connectivity index (χ0) is 14.1. The van der Waals surface area contributed by atoms with Crippen molar-refractivity contribution in [1.82, 2.24) is 15.0 Å². The van der Waals surface area contributed by atoms with E-state index in [1.54, 1.807) is 21.1 Å². The van der Waals surface area contributed by atoms with Crippen LogP contribution in [0.2, 0.25) is 0 Å². The minimum atomic E-state index is 0. The summed E-state index contributed by atoms with van der Waals surface area (Å²) in [6.45, 7) is 5.15. The van der Waals surface area contributed by atoms with Crippen molar-refractivity contribution in [2.24, 2.45) is 0 Å². The molecule has 1 heterocycles. The third kappa shape index (κ3) is 5.91. The van der Waals surface area contributed by atoms with Crippen LogP contribution in [0.15, 0.2) is 0 Å². The fourth-order valence-electron chi connectivity index (χ4n) is 1.19. The van der Waals surface area contributed by atoms with Gasteiger partial charge in [0.2, 0.25) is 11.9 Å². The third-order valence-corrected chi connectivity index (χ3v) is 2.22. The van der Waals surface area contributed by atoms with Crippen LogP contribution in [-0.4, -0.2) is 42.2 Å². The van der Waals surface area contributed by atoms with Gasteiger partial charge in [-0.3, -0.25) is 4.84 Å². The van der Waals surface area contributed by atoms with E-state index in [9.17, 15) is 0 Å². The topological polar surface area (TPSA) is 75.2 Å². The van der Waals surface area contributed by atoms with Crippen LogP contribution >= 0.6 is 12.4 Å². The lowest BCUT2D eigenvalue weighted by atomic mass is 10.5. The van der Waals surface area contributed by atoms with Gasteiger partial charge in [-0.25, -0.2) is 5.06 Å². The van der Waals surface area contributed by atoms with Crippen LogP contribution < -0.4 is 15.7 Å². The molecule has 0 atom stereocenters. The zero-order valence-electron chi connectivity index (χ0n) is 12.2. The number of halogens is 1. The Morgan fingerprint density at radius 3 is 2.40 bits per heavy atom. The Kier molecular flexibility index (Phi) is 9.17. The highest BCUT2D eigenvalue weighted by Crippen LogP contribution is 2.12. The number of rotatable bonds is 7. The molecule has 0 amide bonds. The molecule has 7 nitrogen and oxygen atoms in total. The Morgan fingerprint density at radius 1 is 1.20 bits per heavy atom. The Labute approximate surface area is 125 Å². The van der Waals surface area contributed by atoms with E-state index < -0.39 is 0 Å². The Hall–Kier alpha value is -1.78. The first kappa shape index (κ1) is 18.2. The lowest BCUT2D eigenvalue weighted by molar-refractivity contribution is 0.180. The van der Waals surface area contributed by atoms with Gasteiger partial charge in [-0.2, -0.15) is 15.0 Å². The van der Waals surface area contributed by atoms with E-state index in [4.69, 9.17) is 4.84 Å². The highest BCUT2D eigenvalue weighted by atomic mass is 35.5. The van der Waals surface area contributed by atoms with E-state index in [0.717, 1.165) is 13.0 Å². The van der Waals surface area contributed by atoms with Gasteiger partial charge in [0, 0.05) is 13.6 Å². The molecule has 20 heavy (non-hydrogen) atoms. The van der Waals surface area contributed by atoms with Gasteiger partial charge in [0.15, 0.2) is 0 Å². The number of hydroxylamine groups is 1. The van der Waals surface area contributed by atoms with Crippen LogP contribution in [0.5, 0.6) is 0 Å². The first-order chi connectivity index (χ1) is 9.21. The highest BCUT2D eigenvalue weighted by molar-refractivity contribution is 5.85. The fourth-order valence-corrected chi connectivity index (χ4v) is 1.19. The van der Waals surface area contributed by atoms with E-state index >= 15 is 0 Å². The van der Waals surface area contributed by atoms with Crippen molar-refractivity contribution in [3.8, 4) is 11.8 Å². The van der Waals surface area contributed by atoms with E-state index in [1.165, 1.54) is 5.06 Å². The summed E-state index contributed by atoms with van der Waals surface area (Å²) in [7, 11) is 3.28. The number of anilines is 3. The van der Waals surface area contributed by atoms with Crippen LogP contribution in [0.1, 0.15) is 20.3 Å². The summed E-state index contributed by atoms with van der Waals surface area (Å²) < 4.78 is 0. The third-order valence-electron chi connectivity index (χ3n) is 2.22. The Morgan fingerprint density at radius 2 is 1.85 bits per heavy atom. The Bertz CT molecular complexity index is 459. The molecule has 0 fully saturated rings. The number of nitrogens with one attached hydrogen (secondary N) is 2. The molecule has 1 rings (SSSR count). The Balaban J connectivity index is 0.00000361. The smallest absolute Gasteiger partial charge is 0.256 e. The van der Waals surface area contributed by atoms with E-state index in [2.05, 4.69) is 44.4 Å². The van der Waals surface area contributed by atoms with Crippen LogP contribution in [0.3, 0.4) is 0 Å². The molecule has 0 spiro atoms. The van der Waals surface area contributed by atoms with Gasteiger partial charge in [-0.15, -0.1) is 18.3 Å². The molecule has 0 aliphatic carbocycles. The largest absolute Gasteiger partial charge is 0.354 e. The maximum Gasteiger partial charge on any atom is 0.256 e. The number of nitrogens with zero attached hydrogens (tertiary/aromatic N) is 4. The molecule has 0 radical (unpaired) electrons. The fraction of sp³-hybridized carbons (Fsp3) is 0.583. The van der Waals surface area contributed by atoms with Crippen molar-refractivity contribution in [1.29, 1.82) is 0 Å². The lowest BCUT2D eigenvalue weighted by Gasteiger charge is -2.15. The zero-order valence-corrected chi connectivity index (χ0v) is 13.0. The normalized spacial score (nSPS) is 9.00. The van der Waals surface area contributed by atoms with E-state index in [1.807, 2.05) is 0 Å². The van der Waals surface area contributed by atoms with Gasteiger partial charge >= 0.3 is 0 Å². The first-order valence-electron chi connectivity index (χ1n) is 6.12. The summed E-state index contributed by atoms with van der Waals surface area (Å²) in [5, 5.41) is 7.62. The molecule has 0 saturated heterocycles. The van der Waals surface area contributed by atoms with E-state index in [-0.39, 0.29) is 12.4 Å². The summed E-state index contributed by atoms with van der Waals surface area (Å²) in [5.41, 5.74) is 0. The molecule has 0 aliphatic heterocycles. The molecule has 0 unspecified atom stereocenters. The molecule has 0 aromatic carbocycles. The minimum Gasteiger partial charge on any atom is -0.354 e. The summed E-state index contributed by atoms with van der Waals surface area (Å²) >= 11 is 0. The van der Waals surface area contributed by atoms with Gasteiger partial charge in [0.05, 0.1) is 13.7 Å². The van der Waals surface area contributed by atoms with Crippen molar-refractivity contribution in [2.75, 3.05) is 42.9 Å². The minimum absolute atomic E-state index is 0. The average molecular weight is 301 g/mol. The van der Waals surface area contributed by atoms with Crippen LogP contribution in [0.25, 0.3) is 0 Å². The predicted molar refractivity (Wildman–Crippen MR) is 83.2 cm³/mol. The second kappa shape index (κ2) is 10.1. The maximum absolute atomic E-state index is 5.07. The molecular formula is C12H21ClN6O. The standard InChI is InChI=1S/C12H20N6O.ClH/c1-5-7-9-14-11-15-10(13-8-6-2)16-12(17-11)18(3)19-4;/h6,8-9H2,1-4H3,(H2,13,14,15,16,17);1H. The van der Waals surface area contributed by atoms with E-state index in [0.29, 0.717) is 24.4 Å². The van der Waals surface area contributed by atoms with Gasteiger partial charge in [0.1, 0.15) is 0 Å². The van der Waals surface area contributed by atoms with Crippen molar-refractivity contribution in [3.63, 3.8) is 0 Å². The van der Waals surface area contributed by atoms with Crippen molar-refractivity contribution < 1.29 is 4.84 Å². The molecule has 112 valence electrons. The van der Waals surface area contributed by atoms with Crippen LogP contribution in [-0.2, 0) is 4.84 Å². The summed E-state index contributed by atoms with van der Waals surface area (Å²) in [6, 6.07) is 0. The number of hydrogen-bond donors (Lipinski definition) is 2. The molecule has 1 aromatic heterocycles. The highest BCUT2D eigenvalue weighted by Gasteiger charge is 2.09. The molecule has 0 bridgehead atoms. The van der Waals surface area contributed by atoms with Crippen molar-refractivity contribution in [3.05, 3.63) is 0 Å².